The highest BCUT2D eigenvalue weighted by Gasteiger charge is 2.34. The Morgan fingerprint density at radius 2 is 1.91 bits per heavy atom. The van der Waals surface area contributed by atoms with Crippen molar-refractivity contribution in [1.29, 1.82) is 0 Å². The molecule has 0 aliphatic carbocycles. The highest BCUT2D eigenvalue weighted by atomic mass is 19.4. The number of fused-ring (bicyclic) bond motifs is 1. The van der Waals surface area contributed by atoms with Gasteiger partial charge in [0.2, 0.25) is 5.91 Å². The van der Waals surface area contributed by atoms with Crippen LogP contribution < -0.4 is 10.2 Å². The van der Waals surface area contributed by atoms with Crippen LogP contribution in [0.4, 0.5) is 24.7 Å². The molecule has 3 heterocycles. The first-order valence-electron chi connectivity index (χ1n) is 10.4. The van der Waals surface area contributed by atoms with Gasteiger partial charge in [0, 0.05) is 24.9 Å². The van der Waals surface area contributed by atoms with E-state index in [-0.39, 0.29) is 24.6 Å². The lowest BCUT2D eigenvalue weighted by Crippen LogP contribution is -2.37. The number of nitrogens with zero attached hydrogens (tertiary/aromatic N) is 3. The van der Waals surface area contributed by atoms with Crippen LogP contribution in [0.3, 0.4) is 0 Å². The number of benzene rings is 1. The summed E-state index contributed by atoms with van der Waals surface area (Å²) < 4.78 is 39.6. The Bertz CT molecular complexity index is 1110. The first-order chi connectivity index (χ1) is 15.3. The number of para-hydroxylation sites is 1. The molecule has 4 rings (SSSR count). The zero-order chi connectivity index (χ0) is 22.7. The second-order valence-electron chi connectivity index (χ2n) is 7.86. The summed E-state index contributed by atoms with van der Waals surface area (Å²) in [5, 5.41) is 13.4. The molecule has 1 amide bonds. The van der Waals surface area contributed by atoms with Gasteiger partial charge >= 0.3 is 6.18 Å². The van der Waals surface area contributed by atoms with E-state index in [1.807, 2.05) is 30.3 Å². The zero-order valence-corrected chi connectivity index (χ0v) is 17.3. The number of piperidine rings is 1. The number of amides is 1. The number of carbonyl (C=O) groups is 1. The van der Waals surface area contributed by atoms with E-state index in [9.17, 15) is 23.1 Å². The van der Waals surface area contributed by atoms with Gasteiger partial charge in [0.1, 0.15) is 11.5 Å². The van der Waals surface area contributed by atoms with Gasteiger partial charge in [-0.05, 0) is 43.0 Å². The SMILES string of the molecule is O=C(CCc1ccc(C(F)(F)F)nc1N1CCC(O)CC1)Nc1cnc2ccccc2c1. The molecular formula is C23H23F3N4O2. The third-order valence-electron chi connectivity index (χ3n) is 5.51. The van der Waals surface area contributed by atoms with Crippen LogP contribution >= 0.6 is 0 Å². The molecule has 9 heteroatoms. The number of aliphatic hydroxyl groups excluding tert-OH is 1. The maximum absolute atomic E-state index is 13.2. The van der Waals surface area contributed by atoms with E-state index in [4.69, 9.17) is 0 Å². The largest absolute Gasteiger partial charge is 0.433 e. The fourth-order valence-corrected chi connectivity index (χ4v) is 3.79. The molecule has 168 valence electrons. The van der Waals surface area contributed by atoms with Gasteiger partial charge in [-0.1, -0.05) is 24.3 Å². The van der Waals surface area contributed by atoms with E-state index in [1.165, 1.54) is 6.07 Å². The zero-order valence-electron chi connectivity index (χ0n) is 17.3. The van der Waals surface area contributed by atoms with Gasteiger partial charge in [-0.2, -0.15) is 13.2 Å². The molecule has 1 fully saturated rings. The first kappa shape index (κ1) is 22.0. The number of alkyl halides is 3. The summed E-state index contributed by atoms with van der Waals surface area (Å²) in [5.41, 5.74) is 0.984. The summed E-state index contributed by atoms with van der Waals surface area (Å²) in [7, 11) is 0. The average Bonchev–Trinajstić information content (AvgIpc) is 2.77. The second-order valence-corrected chi connectivity index (χ2v) is 7.86. The van der Waals surface area contributed by atoms with E-state index in [0.29, 0.717) is 37.2 Å². The van der Waals surface area contributed by atoms with Crippen LogP contribution in [-0.2, 0) is 17.4 Å². The van der Waals surface area contributed by atoms with Crippen LogP contribution in [0.5, 0.6) is 0 Å². The third kappa shape index (κ3) is 5.16. The molecule has 0 radical (unpaired) electrons. The van der Waals surface area contributed by atoms with E-state index in [0.717, 1.165) is 17.0 Å². The molecule has 0 bridgehead atoms. The fraction of sp³-hybridized carbons (Fsp3) is 0.348. The fourth-order valence-electron chi connectivity index (χ4n) is 3.79. The molecule has 6 nitrogen and oxygen atoms in total. The Labute approximate surface area is 183 Å². The van der Waals surface area contributed by atoms with Crippen LogP contribution in [-0.4, -0.2) is 40.2 Å². The van der Waals surface area contributed by atoms with Crippen LogP contribution in [0.15, 0.2) is 48.7 Å². The van der Waals surface area contributed by atoms with Crippen molar-refractivity contribution in [3.8, 4) is 0 Å². The van der Waals surface area contributed by atoms with Gasteiger partial charge in [0.15, 0.2) is 0 Å². The number of pyridine rings is 2. The number of hydrogen-bond donors (Lipinski definition) is 2. The minimum atomic E-state index is -4.55. The molecule has 0 saturated carbocycles. The van der Waals surface area contributed by atoms with E-state index in [2.05, 4.69) is 15.3 Å². The molecule has 0 atom stereocenters. The Balaban J connectivity index is 1.48. The summed E-state index contributed by atoms with van der Waals surface area (Å²) in [4.78, 5) is 22.4. The highest BCUT2D eigenvalue weighted by Crippen LogP contribution is 2.32. The van der Waals surface area contributed by atoms with Crippen LogP contribution in [0, 0.1) is 0 Å². The van der Waals surface area contributed by atoms with Crippen molar-refractivity contribution in [1.82, 2.24) is 9.97 Å². The molecule has 0 spiro atoms. The van der Waals surface area contributed by atoms with Crippen molar-refractivity contribution in [2.24, 2.45) is 0 Å². The molecule has 0 unspecified atom stereocenters. The lowest BCUT2D eigenvalue weighted by atomic mass is 10.0. The third-order valence-corrected chi connectivity index (χ3v) is 5.51. The lowest BCUT2D eigenvalue weighted by Gasteiger charge is -2.32. The summed E-state index contributed by atoms with van der Waals surface area (Å²) >= 11 is 0. The van der Waals surface area contributed by atoms with Crippen LogP contribution in [0.1, 0.15) is 30.5 Å². The predicted molar refractivity (Wildman–Crippen MR) is 115 cm³/mol. The number of halogens is 3. The summed E-state index contributed by atoms with van der Waals surface area (Å²) in [5.74, 6) is -0.0334. The molecule has 3 aromatic rings. The molecule has 1 aliphatic heterocycles. The Morgan fingerprint density at radius 3 is 2.66 bits per heavy atom. The normalized spacial score (nSPS) is 15.2. The molecule has 2 N–H and O–H groups in total. The lowest BCUT2D eigenvalue weighted by molar-refractivity contribution is -0.141. The highest BCUT2D eigenvalue weighted by molar-refractivity contribution is 5.93. The molecule has 1 aromatic carbocycles. The number of anilines is 2. The van der Waals surface area contributed by atoms with Crippen molar-refractivity contribution in [3.63, 3.8) is 0 Å². The number of nitrogens with one attached hydrogen (secondary N) is 1. The van der Waals surface area contributed by atoms with Crippen molar-refractivity contribution in [2.45, 2.75) is 38.0 Å². The van der Waals surface area contributed by atoms with Gasteiger partial charge in [-0.25, -0.2) is 4.98 Å². The van der Waals surface area contributed by atoms with Crippen molar-refractivity contribution in [3.05, 3.63) is 59.9 Å². The first-order valence-corrected chi connectivity index (χ1v) is 10.4. The molecular weight excluding hydrogens is 421 g/mol. The van der Waals surface area contributed by atoms with E-state index >= 15 is 0 Å². The summed E-state index contributed by atoms with van der Waals surface area (Å²) in [6, 6.07) is 11.7. The van der Waals surface area contributed by atoms with Crippen molar-refractivity contribution < 1.29 is 23.1 Å². The average molecular weight is 444 g/mol. The molecule has 32 heavy (non-hydrogen) atoms. The maximum Gasteiger partial charge on any atom is 0.433 e. The van der Waals surface area contributed by atoms with Crippen LogP contribution in [0.25, 0.3) is 10.9 Å². The minimum absolute atomic E-state index is 0.0866. The number of rotatable bonds is 5. The number of aryl methyl sites for hydroxylation is 1. The maximum atomic E-state index is 13.2. The standard InChI is InChI=1S/C23H23F3N4O2/c24-23(25,26)20-7-5-15(22(29-20)30-11-9-18(31)10-12-30)6-8-21(32)28-17-13-16-3-1-2-4-19(16)27-14-17/h1-5,7,13-14,18,31H,6,8-12H2,(H,28,32). The van der Waals surface area contributed by atoms with Gasteiger partial charge in [0.05, 0.1) is 23.5 Å². The summed E-state index contributed by atoms with van der Waals surface area (Å²) in [6.07, 6.45) is -2.18. The van der Waals surface area contributed by atoms with Gasteiger partial charge in [-0.3, -0.25) is 9.78 Å². The van der Waals surface area contributed by atoms with Crippen molar-refractivity contribution in [2.75, 3.05) is 23.3 Å². The number of carbonyl (C=O) groups excluding carboxylic acids is 1. The van der Waals surface area contributed by atoms with Crippen LogP contribution in [0.2, 0.25) is 0 Å². The quantitative estimate of drug-likeness (QED) is 0.617. The molecule has 1 saturated heterocycles. The van der Waals surface area contributed by atoms with Gasteiger partial charge < -0.3 is 15.3 Å². The van der Waals surface area contributed by atoms with Crippen molar-refractivity contribution >= 4 is 28.3 Å². The Hall–Kier alpha value is -3.20. The second kappa shape index (κ2) is 9.12. The van der Waals surface area contributed by atoms with E-state index in [1.54, 1.807) is 11.1 Å². The number of aromatic nitrogens is 2. The topological polar surface area (TPSA) is 78.4 Å². The number of aliphatic hydroxyl groups is 1. The molecule has 2 aromatic heterocycles. The predicted octanol–water partition coefficient (Wildman–Crippen LogP) is 4.18. The molecule has 1 aliphatic rings. The Kier molecular flexibility index (Phi) is 6.27. The van der Waals surface area contributed by atoms with Gasteiger partial charge in [-0.15, -0.1) is 0 Å². The van der Waals surface area contributed by atoms with E-state index < -0.39 is 18.0 Å². The number of hydrogen-bond acceptors (Lipinski definition) is 5. The Morgan fingerprint density at radius 1 is 1.16 bits per heavy atom. The van der Waals surface area contributed by atoms with Gasteiger partial charge in [0.25, 0.3) is 0 Å². The summed E-state index contributed by atoms with van der Waals surface area (Å²) in [6.45, 7) is 0.828. The monoisotopic (exact) mass is 444 g/mol. The minimum Gasteiger partial charge on any atom is -0.393 e. The smallest absolute Gasteiger partial charge is 0.393 e.